The Bertz CT molecular complexity index is 2570. The summed E-state index contributed by atoms with van der Waals surface area (Å²) in [5.41, 5.74) is 13.1. The Morgan fingerprint density at radius 3 is 2.23 bits per heavy atom. The van der Waals surface area contributed by atoms with Crippen LogP contribution >= 0.6 is 0 Å². The summed E-state index contributed by atoms with van der Waals surface area (Å²) in [4.78, 5) is 53.9. The van der Waals surface area contributed by atoms with E-state index in [1.54, 1.807) is 16.9 Å². The lowest BCUT2D eigenvalue weighted by molar-refractivity contribution is -0.135. The van der Waals surface area contributed by atoms with Gasteiger partial charge in [0.05, 0.1) is 90.8 Å². The second kappa shape index (κ2) is 27.0. The number of hydrogen-bond acceptors (Lipinski definition) is 13. The summed E-state index contributed by atoms with van der Waals surface area (Å²) in [6.45, 7) is 10.1. The second-order valence-electron chi connectivity index (χ2n) is 17.2. The van der Waals surface area contributed by atoms with Crippen LogP contribution in [0.3, 0.4) is 0 Å². The van der Waals surface area contributed by atoms with E-state index in [0.29, 0.717) is 98.7 Å². The summed E-state index contributed by atoms with van der Waals surface area (Å²) in [5, 5.41) is 6.35. The summed E-state index contributed by atoms with van der Waals surface area (Å²) >= 11 is 0. The number of rotatable bonds is 27. The summed E-state index contributed by atoms with van der Waals surface area (Å²) in [7, 11) is 1.67. The molecule has 7 rings (SSSR count). The Balaban J connectivity index is 0.687. The van der Waals surface area contributed by atoms with Gasteiger partial charge >= 0.3 is 0 Å². The molecule has 0 spiro atoms. The van der Waals surface area contributed by atoms with Gasteiger partial charge in [0.15, 0.2) is 5.82 Å². The number of nitrogens with one attached hydrogen (secondary N) is 2. The van der Waals surface area contributed by atoms with Gasteiger partial charge in [-0.1, -0.05) is 74.1 Å². The highest BCUT2D eigenvalue weighted by atomic mass is 16.6. The fourth-order valence-electron chi connectivity index (χ4n) is 8.40. The average molecular weight is 958 g/mol. The van der Waals surface area contributed by atoms with E-state index in [2.05, 4.69) is 50.0 Å². The van der Waals surface area contributed by atoms with E-state index in [0.717, 1.165) is 81.9 Å². The number of unbranched alkanes of at least 4 members (excludes halogenated alkanes) is 2. The average Bonchev–Trinajstić information content (AvgIpc) is 3.77. The van der Waals surface area contributed by atoms with Crippen LogP contribution < -0.4 is 26.0 Å². The fraction of sp³-hybridized carbons (Fsp3) is 0.453. The first-order valence-electron chi connectivity index (χ1n) is 24.4. The molecule has 0 saturated carbocycles. The normalized spacial score (nSPS) is 13.5. The number of para-hydroxylation sites is 1. The van der Waals surface area contributed by atoms with Crippen molar-refractivity contribution >= 4 is 46.2 Å². The van der Waals surface area contributed by atoms with Crippen molar-refractivity contribution in [3.05, 3.63) is 107 Å². The monoisotopic (exact) mass is 958 g/mol. The van der Waals surface area contributed by atoms with E-state index >= 15 is 0 Å². The number of ether oxygens (including phenoxy) is 5. The first-order valence-corrected chi connectivity index (χ1v) is 24.4. The van der Waals surface area contributed by atoms with Gasteiger partial charge in [-0.15, -0.1) is 0 Å². The minimum atomic E-state index is -0.116. The standard InChI is InChI=1S/C53H67N9O8/c1-3-4-9-21-56-52-51-45(57-53(54)58-52)20-23-61(51)36-44-15-14-40(35-47(44)66-2)39-70-34-33-69-32-31-68-30-29-67-28-22-55-48(63)38-59-24-26-60(27-25-59)49(64)18-19-50(65)62-37-43-12-6-5-10-41(43)16-17-42-11-7-8-13-46(42)62/h5-8,10-15,20,23,35H,3-4,9,18-19,21-22,24-34,36-39H2,1-2H3,(H,55,63)(H3,54,56,57,58). The largest absolute Gasteiger partial charge is 0.496 e. The Morgan fingerprint density at radius 2 is 1.46 bits per heavy atom. The van der Waals surface area contributed by atoms with Crippen LogP contribution in [0.25, 0.3) is 11.0 Å². The van der Waals surface area contributed by atoms with Crippen molar-refractivity contribution in [1.29, 1.82) is 0 Å². The molecule has 0 bridgehead atoms. The predicted octanol–water partition coefficient (Wildman–Crippen LogP) is 5.23. The number of nitrogens with two attached hydrogens (primary N) is 1. The van der Waals surface area contributed by atoms with Crippen LogP contribution in [-0.2, 0) is 53.0 Å². The molecule has 4 heterocycles. The predicted molar refractivity (Wildman–Crippen MR) is 269 cm³/mol. The topological polar surface area (TPSA) is 188 Å². The van der Waals surface area contributed by atoms with Gasteiger partial charge < -0.3 is 54.4 Å². The fourth-order valence-corrected chi connectivity index (χ4v) is 8.40. The zero-order chi connectivity index (χ0) is 48.9. The molecule has 2 aliphatic heterocycles. The number of aromatic nitrogens is 3. The molecule has 1 saturated heterocycles. The summed E-state index contributed by atoms with van der Waals surface area (Å²) in [6.07, 6.45) is 5.57. The van der Waals surface area contributed by atoms with E-state index in [4.69, 9.17) is 29.4 Å². The van der Waals surface area contributed by atoms with Gasteiger partial charge in [0, 0.05) is 75.0 Å². The van der Waals surface area contributed by atoms with Gasteiger partial charge in [-0.2, -0.15) is 4.98 Å². The molecule has 0 unspecified atom stereocenters. The molecule has 372 valence electrons. The highest BCUT2D eigenvalue weighted by Crippen LogP contribution is 2.29. The van der Waals surface area contributed by atoms with E-state index in [-0.39, 0.29) is 43.1 Å². The number of methoxy groups -OCH3 is 1. The van der Waals surface area contributed by atoms with Crippen LogP contribution in [0.4, 0.5) is 17.5 Å². The van der Waals surface area contributed by atoms with Gasteiger partial charge in [-0.25, -0.2) is 4.98 Å². The number of amides is 3. The highest BCUT2D eigenvalue weighted by Gasteiger charge is 2.26. The number of nitrogens with zero attached hydrogens (tertiary/aromatic N) is 6. The van der Waals surface area contributed by atoms with Crippen molar-refractivity contribution in [2.75, 3.05) is 115 Å². The zero-order valence-electron chi connectivity index (χ0n) is 40.6. The molecule has 0 atom stereocenters. The Labute approximate surface area is 410 Å². The lowest BCUT2D eigenvalue weighted by atomic mass is 10.0. The zero-order valence-corrected chi connectivity index (χ0v) is 40.6. The van der Waals surface area contributed by atoms with E-state index in [1.807, 2.05) is 77.8 Å². The van der Waals surface area contributed by atoms with E-state index in [9.17, 15) is 14.4 Å². The molecule has 0 radical (unpaired) electrons. The van der Waals surface area contributed by atoms with Crippen molar-refractivity contribution < 1.29 is 38.1 Å². The minimum Gasteiger partial charge on any atom is -0.496 e. The lowest BCUT2D eigenvalue weighted by Gasteiger charge is -2.34. The molecule has 3 aromatic carbocycles. The number of benzene rings is 3. The van der Waals surface area contributed by atoms with Crippen molar-refractivity contribution in [3.8, 4) is 17.6 Å². The first-order chi connectivity index (χ1) is 34.3. The molecular weight excluding hydrogens is 891 g/mol. The molecule has 2 aromatic heterocycles. The molecular formula is C53H67N9O8. The van der Waals surface area contributed by atoms with Crippen LogP contribution in [0.15, 0.2) is 79.0 Å². The van der Waals surface area contributed by atoms with Crippen LogP contribution in [0, 0.1) is 11.8 Å². The van der Waals surface area contributed by atoms with Crippen LogP contribution in [0.1, 0.15) is 66.8 Å². The van der Waals surface area contributed by atoms with Crippen molar-refractivity contribution in [2.45, 2.75) is 58.7 Å². The number of anilines is 3. The SMILES string of the molecule is CCCCCNc1nc(N)nc2ccn(Cc3ccc(COCCOCCOCCOCCNC(=O)CN4CCN(C(=O)CCC(=O)N5Cc6ccccc6C#Cc6ccccc65)CC4)cc3OC)c12. The number of hydrogen-bond donors (Lipinski definition) is 3. The molecule has 4 N–H and O–H groups in total. The van der Waals surface area contributed by atoms with Gasteiger partial charge in [0.1, 0.15) is 11.3 Å². The maximum atomic E-state index is 13.6. The minimum absolute atomic E-state index is 0.0594. The smallest absolute Gasteiger partial charge is 0.234 e. The maximum absolute atomic E-state index is 13.6. The van der Waals surface area contributed by atoms with Crippen molar-refractivity contribution in [3.63, 3.8) is 0 Å². The van der Waals surface area contributed by atoms with Crippen LogP contribution in [-0.4, -0.2) is 141 Å². The summed E-state index contributed by atoms with van der Waals surface area (Å²) in [5.74, 6) is 7.94. The molecule has 17 nitrogen and oxygen atoms in total. The third kappa shape index (κ3) is 15.0. The highest BCUT2D eigenvalue weighted by molar-refractivity contribution is 5.97. The van der Waals surface area contributed by atoms with Crippen LogP contribution in [0.2, 0.25) is 0 Å². The Hall–Kier alpha value is -6.55. The molecule has 17 heteroatoms. The number of nitrogen functional groups attached to an aromatic ring is 1. The van der Waals surface area contributed by atoms with Crippen molar-refractivity contribution in [1.82, 2.24) is 29.7 Å². The number of carbonyl (C=O) groups is 3. The quantitative estimate of drug-likeness (QED) is 0.0460. The molecule has 2 aliphatic rings. The molecule has 0 aliphatic carbocycles. The third-order valence-corrected chi connectivity index (χ3v) is 12.2. The number of piperazine rings is 1. The van der Waals surface area contributed by atoms with Gasteiger partial charge in [-0.05, 0) is 47.9 Å². The van der Waals surface area contributed by atoms with E-state index < -0.39 is 0 Å². The van der Waals surface area contributed by atoms with Gasteiger partial charge in [-0.3, -0.25) is 19.3 Å². The molecule has 70 heavy (non-hydrogen) atoms. The van der Waals surface area contributed by atoms with Gasteiger partial charge in [0.2, 0.25) is 23.7 Å². The molecule has 1 fully saturated rings. The first kappa shape index (κ1) is 51.3. The Kier molecular flexibility index (Phi) is 19.8. The Morgan fingerprint density at radius 1 is 0.757 bits per heavy atom. The van der Waals surface area contributed by atoms with Crippen molar-refractivity contribution in [2.24, 2.45) is 0 Å². The third-order valence-electron chi connectivity index (χ3n) is 12.2. The maximum Gasteiger partial charge on any atom is 0.234 e. The second-order valence-corrected chi connectivity index (χ2v) is 17.2. The number of fused-ring (bicyclic) bond motifs is 3. The lowest BCUT2D eigenvalue weighted by Crippen LogP contribution is -2.51. The number of carbonyl (C=O) groups excluding carboxylic acids is 3. The van der Waals surface area contributed by atoms with Gasteiger partial charge in [0.25, 0.3) is 0 Å². The summed E-state index contributed by atoms with van der Waals surface area (Å²) < 4.78 is 30.7. The summed E-state index contributed by atoms with van der Waals surface area (Å²) in [6, 6.07) is 23.5. The molecule has 5 aromatic rings. The molecule has 3 amide bonds. The van der Waals surface area contributed by atoms with E-state index in [1.165, 1.54) is 0 Å². The van der Waals surface area contributed by atoms with Crippen LogP contribution in [0.5, 0.6) is 5.75 Å².